The van der Waals surface area contributed by atoms with Crippen LogP contribution >= 0.6 is 0 Å². The summed E-state index contributed by atoms with van der Waals surface area (Å²) in [7, 11) is 0. The van der Waals surface area contributed by atoms with Crippen LogP contribution in [0.25, 0.3) is 10.8 Å². The van der Waals surface area contributed by atoms with Crippen LogP contribution in [-0.4, -0.2) is 17.0 Å². The zero-order valence-electron chi connectivity index (χ0n) is 11.6. The van der Waals surface area contributed by atoms with Gasteiger partial charge in [0.2, 0.25) is 0 Å². The molecule has 0 saturated heterocycles. The van der Waals surface area contributed by atoms with Crippen LogP contribution in [-0.2, 0) is 0 Å². The van der Waals surface area contributed by atoms with E-state index in [4.69, 9.17) is 0 Å². The van der Waals surface area contributed by atoms with E-state index in [0.29, 0.717) is 5.56 Å². The summed E-state index contributed by atoms with van der Waals surface area (Å²) >= 11 is 0. The Bertz CT molecular complexity index is 612. The summed E-state index contributed by atoms with van der Waals surface area (Å²) in [6.45, 7) is 0. The lowest BCUT2D eigenvalue weighted by molar-refractivity contribution is 0.0535. The number of Topliss-reactive ketones (excluding diaryl/α,β-unsaturated/α-hetero) is 1. The molecule has 1 saturated carbocycles. The first-order chi connectivity index (χ1) is 9.75. The summed E-state index contributed by atoms with van der Waals surface area (Å²) in [6.07, 6.45) is 4.60. The third-order valence-electron chi connectivity index (χ3n) is 4.40. The monoisotopic (exact) mass is 268 g/mol. The number of aliphatic hydroxyl groups excluding tert-OH is 1. The fraction of sp³-hybridized carbons (Fsp3) is 0.389. The average molecular weight is 268 g/mol. The molecule has 104 valence electrons. The summed E-state index contributed by atoms with van der Waals surface area (Å²) in [5.41, 5.74) is 0.627. The van der Waals surface area contributed by atoms with E-state index >= 15 is 0 Å². The molecule has 1 fully saturated rings. The fourth-order valence-corrected chi connectivity index (χ4v) is 3.18. The molecule has 20 heavy (non-hydrogen) atoms. The van der Waals surface area contributed by atoms with Gasteiger partial charge in [0.1, 0.15) is 6.10 Å². The SMILES string of the molecule is O=C(c1ccc2ccccc2c1)C(O)C1CCCCC1. The highest BCUT2D eigenvalue weighted by atomic mass is 16.3. The molecule has 2 heteroatoms. The van der Waals surface area contributed by atoms with Gasteiger partial charge in [-0.3, -0.25) is 4.79 Å². The number of hydrogen-bond donors (Lipinski definition) is 1. The highest BCUT2D eigenvalue weighted by Crippen LogP contribution is 2.28. The highest BCUT2D eigenvalue weighted by Gasteiger charge is 2.28. The minimum absolute atomic E-state index is 0.123. The number of carbonyl (C=O) groups excluding carboxylic acids is 1. The number of benzene rings is 2. The van der Waals surface area contributed by atoms with Crippen LogP contribution in [0, 0.1) is 5.92 Å². The van der Waals surface area contributed by atoms with Crippen LogP contribution in [0.15, 0.2) is 42.5 Å². The van der Waals surface area contributed by atoms with Crippen LogP contribution in [0.4, 0.5) is 0 Å². The fourth-order valence-electron chi connectivity index (χ4n) is 3.18. The topological polar surface area (TPSA) is 37.3 Å². The summed E-state index contributed by atoms with van der Waals surface area (Å²) in [5.74, 6) is 0.0189. The van der Waals surface area contributed by atoms with Crippen molar-refractivity contribution in [1.82, 2.24) is 0 Å². The standard InChI is InChI=1S/C18H20O2/c19-17(14-7-2-1-3-8-14)18(20)16-11-10-13-6-4-5-9-15(13)12-16/h4-6,9-12,14,17,19H,1-3,7-8H2. The van der Waals surface area contributed by atoms with Crippen molar-refractivity contribution in [3.05, 3.63) is 48.0 Å². The Balaban J connectivity index is 1.83. The molecule has 0 aromatic heterocycles. The molecular formula is C18H20O2. The molecule has 1 atom stereocenters. The summed E-state index contributed by atoms with van der Waals surface area (Å²) < 4.78 is 0. The number of aliphatic hydroxyl groups is 1. The number of hydrogen-bond acceptors (Lipinski definition) is 2. The maximum Gasteiger partial charge on any atom is 0.191 e. The van der Waals surface area contributed by atoms with Gasteiger partial charge in [0.05, 0.1) is 0 Å². The van der Waals surface area contributed by atoms with Crippen molar-refractivity contribution in [2.75, 3.05) is 0 Å². The Hall–Kier alpha value is -1.67. The van der Waals surface area contributed by atoms with Gasteiger partial charge in [0, 0.05) is 5.56 Å². The van der Waals surface area contributed by atoms with Crippen molar-refractivity contribution >= 4 is 16.6 Å². The van der Waals surface area contributed by atoms with Crippen molar-refractivity contribution in [2.45, 2.75) is 38.2 Å². The molecule has 1 unspecified atom stereocenters. The molecule has 0 spiro atoms. The highest BCUT2D eigenvalue weighted by molar-refractivity contribution is 6.02. The van der Waals surface area contributed by atoms with Crippen LogP contribution in [0.1, 0.15) is 42.5 Å². The Morgan fingerprint density at radius 3 is 2.45 bits per heavy atom. The molecular weight excluding hydrogens is 248 g/mol. The molecule has 1 N–H and O–H groups in total. The van der Waals surface area contributed by atoms with Crippen molar-refractivity contribution in [2.24, 2.45) is 5.92 Å². The molecule has 2 aromatic carbocycles. The van der Waals surface area contributed by atoms with Crippen molar-refractivity contribution in [1.29, 1.82) is 0 Å². The van der Waals surface area contributed by atoms with Crippen LogP contribution < -0.4 is 0 Å². The molecule has 0 amide bonds. The average Bonchev–Trinajstić information content (AvgIpc) is 2.54. The van der Waals surface area contributed by atoms with E-state index in [9.17, 15) is 9.90 Å². The second kappa shape index (κ2) is 5.76. The Labute approximate surface area is 119 Å². The second-order valence-corrected chi connectivity index (χ2v) is 5.77. The van der Waals surface area contributed by atoms with Crippen LogP contribution in [0.3, 0.4) is 0 Å². The van der Waals surface area contributed by atoms with Crippen molar-refractivity contribution < 1.29 is 9.90 Å². The molecule has 0 heterocycles. The number of carbonyl (C=O) groups is 1. The lowest BCUT2D eigenvalue weighted by atomic mass is 9.82. The zero-order chi connectivity index (χ0) is 13.9. The van der Waals surface area contributed by atoms with Gasteiger partial charge in [0.25, 0.3) is 0 Å². The maximum absolute atomic E-state index is 12.4. The predicted molar refractivity (Wildman–Crippen MR) is 80.9 cm³/mol. The molecule has 0 radical (unpaired) electrons. The first kappa shape index (κ1) is 13.3. The normalized spacial score (nSPS) is 18.1. The number of ketones is 1. The van der Waals surface area contributed by atoms with Gasteiger partial charge < -0.3 is 5.11 Å². The first-order valence-corrected chi connectivity index (χ1v) is 7.47. The van der Waals surface area contributed by atoms with Crippen LogP contribution in [0.2, 0.25) is 0 Å². The van der Waals surface area contributed by atoms with Gasteiger partial charge in [-0.05, 0) is 35.6 Å². The number of rotatable bonds is 3. The molecule has 0 bridgehead atoms. The van der Waals surface area contributed by atoms with E-state index in [1.165, 1.54) is 6.42 Å². The zero-order valence-corrected chi connectivity index (χ0v) is 11.6. The minimum atomic E-state index is -0.837. The summed E-state index contributed by atoms with van der Waals surface area (Å²) in [6, 6.07) is 13.7. The number of fused-ring (bicyclic) bond motifs is 1. The van der Waals surface area contributed by atoms with Gasteiger partial charge >= 0.3 is 0 Å². The Morgan fingerprint density at radius 1 is 1.00 bits per heavy atom. The van der Waals surface area contributed by atoms with E-state index in [2.05, 4.69) is 0 Å². The van der Waals surface area contributed by atoms with Gasteiger partial charge in [-0.1, -0.05) is 55.7 Å². The quantitative estimate of drug-likeness (QED) is 0.855. The second-order valence-electron chi connectivity index (χ2n) is 5.77. The minimum Gasteiger partial charge on any atom is -0.385 e. The molecule has 1 aliphatic rings. The van der Waals surface area contributed by atoms with E-state index in [1.807, 2.05) is 42.5 Å². The summed E-state index contributed by atoms with van der Waals surface area (Å²) in [5, 5.41) is 12.5. The van der Waals surface area contributed by atoms with Gasteiger partial charge in [0.15, 0.2) is 5.78 Å². The van der Waals surface area contributed by atoms with Crippen LogP contribution in [0.5, 0.6) is 0 Å². The van der Waals surface area contributed by atoms with Crippen molar-refractivity contribution in [3.8, 4) is 0 Å². The molecule has 1 aliphatic carbocycles. The molecule has 2 aromatic rings. The van der Waals surface area contributed by atoms with E-state index in [-0.39, 0.29) is 11.7 Å². The van der Waals surface area contributed by atoms with Gasteiger partial charge in [-0.25, -0.2) is 0 Å². The van der Waals surface area contributed by atoms with Gasteiger partial charge in [-0.2, -0.15) is 0 Å². The molecule has 0 aliphatic heterocycles. The largest absolute Gasteiger partial charge is 0.385 e. The Morgan fingerprint density at radius 2 is 1.70 bits per heavy atom. The first-order valence-electron chi connectivity index (χ1n) is 7.47. The van der Waals surface area contributed by atoms with Crippen molar-refractivity contribution in [3.63, 3.8) is 0 Å². The van der Waals surface area contributed by atoms with E-state index in [0.717, 1.165) is 36.5 Å². The lowest BCUT2D eigenvalue weighted by Gasteiger charge is -2.25. The predicted octanol–water partition coefficient (Wildman–Crippen LogP) is 3.96. The van der Waals surface area contributed by atoms with E-state index in [1.54, 1.807) is 0 Å². The van der Waals surface area contributed by atoms with E-state index < -0.39 is 6.10 Å². The molecule has 3 rings (SSSR count). The Kier molecular flexibility index (Phi) is 3.83. The van der Waals surface area contributed by atoms with Gasteiger partial charge in [-0.15, -0.1) is 0 Å². The molecule has 2 nitrogen and oxygen atoms in total. The summed E-state index contributed by atoms with van der Waals surface area (Å²) in [4.78, 5) is 12.4. The lowest BCUT2D eigenvalue weighted by Crippen LogP contribution is -2.31. The maximum atomic E-state index is 12.4. The third kappa shape index (κ3) is 2.61. The smallest absolute Gasteiger partial charge is 0.191 e. The third-order valence-corrected chi connectivity index (χ3v) is 4.40.